The van der Waals surface area contributed by atoms with Gasteiger partial charge < -0.3 is 15.3 Å². The summed E-state index contributed by atoms with van der Waals surface area (Å²) in [6.45, 7) is 3.13. The number of carbonyl (C=O) groups excluding carboxylic acids is 1. The molecule has 2 heterocycles. The number of aliphatic carboxylic acids is 1. The van der Waals surface area contributed by atoms with E-state index >= 15 is 0 Å². The predicted octanol–water partition coefficient (Wildman–Crippen LogP) is 2.56. The molecule has 2 aliphatic heterocycles. The minimum absolute atomic E-state index is 0.0117. The van der Waals surface area contributed by atoms with Gasteiger partial charge in [-0.2, -0.15) is 11.8 Å². The highest BCUT2D eigenvalue weighted by atomic mass is 32.2. The SMILES string of the molecule is CCCC1(C(=O)O)CCN(C(=O)NC2CCSCC2)CC1. The second-order valence-corrected chi connectivity index (χ2v) is 7.38. The molecule has 21 heavy (non-hydrogen) atoms. The molecule has 2 N–H and O–H groups in total. The number of hydrogen-bond donors (Lipinski definition) is 2. The lowest BCUT2D eigenvalue weighted by molar-refractivity contribution is -0.152. The molecule has 0 aromatic rings. The van der Waals surface area contributed by atoms with Crippen LogP contribution in [0.2, 0.25) is 0 Å². The molecule has 0 saturated carbocycles. The van der Waals surface area contributed by atoms with Crippen LogP contribution in [-0.4, -0.2) is 52.6 Å². The number of thioether (sulfide) groups is 1. The van der Waals surface area contributed by atoms with Gasteiger partial charge >= 0.3 is 12.0 Å². The summed E-state index contributed by atoms with van der Waals surface area (Å²) in [6, 6.07) is 0.280. The van der Waals surface area contributed by atoms with Crippen molar-refractivity contribution in [3.63, 3.8) is 0 Å². The summed E-state index contributed by atoms with van der Waals surface area (Å²) in [4.78, 5) is 25.6. The number of nitrogens with zero attached hydrogens (tertiary/aromatic N) is 1. The van der Waals surface area contributed by atoms with Crippen LogP contribution in [0.4, 0.5) is 4.79 Å². The first-order valence-electron chi connectivity index (χ1n) is 7.94. The van der Waals surface area contributed by atoms with Crippen molar-refractivity contribution in [1.29, 1.82) is 0 Å². The number of hydrogen-bond acceptors (Lipinski definition) is 3. The number of carboxylic acid groups (broad SMARTS) is 1. The maximum absolute atomic E-state index is 12.3. The predicted molar refractivity (Wildman–Crippen MR) is 84.7 cm³/mol. The number of carboxylic acids is 1. The molecule has 0 aromatic carbocycles. The number of rotatable bonds is 4. The number of nitrogens with one attached hydrogen (secondary N) is 1. The molecular formula is C15H26N2O3S. The topological polar surface area (TPSA) is 69.6 Å². The van der Waals surface area contributed by atoms with Crippen LogP contribution in [-0.2, 0) is 4.79 Å². The van der Waals surface area contributed by atoms with E-state index in [0.717, 1.165) is 30.8 Å². The molecule has 2 saturated heterocycles. The maximum Gasteiger partial charge on any atom is 0.317 e. The molecule has 2 aliphatic rings. The van der Waals surface area contributed by atoms with Gasteiger partial charge in [0.25, 0.3) is 0 Å². The number of likely N-dealkylation sites (tertiary alicyclic amines) is 1. The summed E-state index contributed by atoms with van der Waals surface area (Å²) < 4.78 is 0. The molecule has 0 unspecified atom stereocenters. The van der Waals surface area contributed by atoms with E-state index in [2.05, 4.69) is 5.32 Å². The van der Waals surface area contributed by atoms with Gasteiger partial charge in [-0.3, -0.25) is 4.79 Å². The van der Waals surface area contributed by atoms with Crippen molar-refractivity contribution < 1.29 is 14.7 Å². The maximum atomic E-state index is 12.3. The van der Waals surface area contributed by atoms with E-state index in [0.29, 0.717) is 38.4 Å². The largest absolute Gasteiger partial charge is 0.481 e. The Bertz CT molecular complexity index is 375. The van der Waals surface area contributed by atoms with Crippen molar-refractivity contribution in [3.8, 4) is 0 Å². The van der Waals surface area contributed by atoms with E-state index in [1.807, 2.05) is 18.7 Å². The molecule has 0 aromatic heterocycles. The van der Waals surface area contributed by atoms with Crippen LogP contribution >= 0.6 is 11.8 Å². The normalized spacial score (nSPS) is 22.8. The Morgan fingerprint density at radius 1 is 1.29 bits per heavy atom. The van der Waals surface area contributed by atoms with Crippen LogP contribution in [0.25, 0.3) is 0 Å². The van der Waals surface area contributed by atoms with Gasteiger partial charge in [0.2, 0.25) is 0 Å². The van der Waals surface area contributed by atoms with Crippen molar-refractivity contribution in [3.05, 3.63) is 0 Å². The molecule has 0 bridgehead atoms. The second kappa shape index (κ2) is 7.38. The number of carbonyl (C=O) groups is 2. The molecule has 2 amide bonds. The van der Waals surface area contributed by atoms with Crippen LogP contribution in [0.15, 0.2) is 0 Å². The van der Waals surface area contributed by atoms with E-state index in [-0.39, 0.29) is 6.03 Å². The zero-order valence-corrected chi connectivity index (χ0v) is 13.6. The van der Waals surface area contributed by atoms with Gasteiger partial charge in [0.1, 0.15) is 0 Å². The van der Waals surface area contributed by atoms with E-state index in [1.165, 1.54) is 0 Å². The van der Waals surface area contributed by atoms with Crippen LogP contribution < -0.4 is 5.32 Å². The quantitative estimate of drug-likeness (QED) is 0.837. The summed E-state index contributed by atoms with van der Waals surface area (Å²) in [5, 5.41) is 12.6. The Hall–Kier alpha value is -0.910. The van der Waals surface area contributed by atoms with Gasteiger partial charge in [-0.1, -0.05) is 13.3 Å². The van der Waals surface area contributed by atoms with E-state index in [4.69, 9.17) is 0 Å². The fourth-order valence-electron chi connectivity index (χ4n) is 3.30. The lowest BCUT2D eigenvalue weighted by Crippen LogP contribution is -2.52. The lowest BCUT2D eigenvalue weighted by atomic mass is 9.75. The average molecular weight is 314 g/mol. The van der Waals surface area contributed by atoms with Crippen molar-refractivity contribution >= 4 is 23.8 Å². The molecule has 0 radical (unpaired) electrons. The van der Waals surface area contributed by atoms with Crippen molar-refractivity contribution in [1.82, 2.24) is 10.2 Å². The highest BCUT2D eigenvalue weighted by Gasteiger charge is 2.41. The first-order valence-corrected chi connectivity index (χ1v) is 9.09. The van der Waals surface area contributed by atoms with Crippen molar-refractivity contribution in [2.75, 3.05) is 24.6 Å². The van der Waals surface area contributed by atoms with Crippen LogP contribution in [0.3, 0.4) is 0 Å². The first-order chi connectivity index (χ1) is 10.1. The zero-order chi connectivity index (χ0) is 15.3. The third-order valence-corrected chi connectivity index (χ3v) is 5.79. The van der Waals surface area contributed by atoms with Crippen LogP contribution in [0.1, 0.15) is 45.4 Å². The fourth-order valence-corrected chi connectivity index (χ4v) is 4.40. The summed E-state index contributed by atoms with van der Waals surface area (Å²) in [5.41, 5.74) is -0.618. The fraction of sp³-hybridized carbons (Fsp3) is 0.867. The Labute approximate surface area is 130 Å². The van der Waals surface area contributed by atoms with E-state index < -0.39 is 11.4 Å². The molecule has 2 fully saturated rings. The van der Waals surface area contributed by atoms with Crippen LogP contribution in [0, 0.1) is 5.41 Å². The zero-order valence-electron chi connectivity index (χ0n) is 12.8. The number of piperidine rings is 1. The van der Waals surface area contributed by atoms with Gasteiger partial charge in [0.15, 0.2) is 0 Å². The standard InChI is InChI=1S/C15H26N2O3S/c1-2-5-15(13(18)19)6-8-17(9-7-15)14(20)16-12-3-10-21-11-4-12/h12H,2-11H2,1H3,(H,16,20)(H,18,19). The summed E-state index contributed by atoms with van der Waals surface area (Å²) in [7, 11) is 0. The minimum atomic E-state index is -0.700. The van der Waals surface area contributed by atoms with Crippen molar-refractivity contribution in [2.45, 2.75) is 51.5 Å². The monoisotopic (exact) mass is 314 g/mol. The average Bonchev–Trinajstić information content (AvgIpc) is 2.49. The molecule has 120 valence electrons. The smallest absolute Gasteiger partial charge is 0.317 e. The Morgan fingerprint density at radius 3 is 2.43 bits per heavy atom. The van der Waals surface area contributed by atoms with Gasteiger partial charge in [-0.25, -0.2) is 4.79 Å². The van der Waals surface area contributed by atoms with Crippen LogP contribution in [0.5, 0.6) is 0 Å². The molecular weight excluding hydrogens is 288 g/mol. The van der Waals surface area contributed by atoms with Gasteiger partial charge in [-0.05, 0) is 43.6 Å². The second-order valence-electron chi connectivity index (χ2n) is 6.16. The molecule has 0 spiro atoms. The highest BCUT2D eigenvalue weighted by Crippen LogP contribution is 2.36. The summed E-state index contributed by atoms with van der Waals surface area (Å²) >= 11 is 1.94. The third-order valence-electron chi connectivity index (χ3n) is 4.74. The highest BCUT2D eigenvalue weighted by molar-refractivity contribution is 7.99. The first kappa shape index (κ1) is 16.5. The number of urea groups is 1. The molecule has 5 nitrogen and oxygen atoms in total. The molecule has 0 aliphatic carbocycles. The molecule has 2 rings (SSSR count). The minimum Gasteiger partial charge on any atom is -0.481 e. The summed E-state index contributed by atoms with van der Waals surface area (Å²) in [6.07, 6.45) is 4.81. The Balaban J connectivity index is 1.84. The molecule has 6 heteroatoms. The Morgan fingerprint density at radius 2 is 1.90 bits per heavy atom. The van der Waals surface area contributed by atoms with Gasteiger partial charge in [0.05, 0.1) is 5.41 Å². The summed E-state index contributed by atoms with van der Waals surface area (Å²) in [5.74, 6) is 1.53. The lowest BCUT2D eigenvalue weighted by Gasteiger charge is -2.39. The van der Waals surface area contributed by atoms with Gasteiger partial charge in [-0.15, -0.1) is 0 Å². The molecule has 0 atom stereocenters. The number of amides is 2. The van der Waals surface area contributed by atoms with Gasteiger partial charge in [0, 0.05) is 19.1 Å². The Kier molecular flexibility index (Phi) is 5.79. The third kappa shape index (κ3) is 4.05. The van der Waals surface area contributed by atoms with E-state index in [9.17, 15) is 14.7 Å². The van der Waals surface area contributed by atoms with Crippen molar-refractivity contribution in [2.24, 2.45) is 5.41 Å². The van der Waals surface area contributed by atoms with E-state index in [1.54, 1.807) is 4.90 Å².